The van der Waals surface area contributed by atoms with Gasteiger partial charge in [-0.1, -0.05) is 49.2 Å². The Hall–Kier alpha value is -1.95. The van der Waals surface area contributed by atoms with E-state index in [1.165, 1.54) is 0 Å². The van der Waals surface area contributed by atoms with E-state index < -0.39 is 12.0 Å². The number of halogens is 2. The van der Waals surface area contributed by atoms with E-state index in [-0.39, 0.29) is 5.92 Å². The summed E-state index contributed by atoms with van der Waals surface area (Å²) in [6, 6.07) is 10.1. The first-order valence-electron chi connectivity index (χ1n) is 8.51. The Labute approximate surface area is 169 Å². The molecule has 27 heavy (non-hydrogen) atoms. The molecule has 1 atom stereocenters. The van der Waals surface area contributed by atoms with Gasteiger partial charge in [0.1, 0.15) is 12.6 Å². The predicted octanol–water partition coefficient (Wildman–Crippen LogP) is 4.78. The van der Waals surface area contributed by atoms with Gasteiger partial charge in [-0.25, -0.2) is 0 Å². The summed E-state index contributed by atoms with van der Waals surface area (Å²) in [4.78, 5) is 11.3. The van der Waals surface area contributed by atoms with Crippen molar-refractivity contribution in [3.63, 3.8) is 0 Å². The van der Waals surface area contributed by atoms with Gasteiger partial charge in [0, 0.05) is 22.7 Å². The first-order valence-corrected chi connectivity index (χ1v) is 9.27. The summed E-state index contributed by atoms with van der Waals surface area (Å²) in [7, 11) is 1.55. The number of hydrogen-bond acceptors (Lipinski definition) is 4. The molecular weight excluding hydrogens is 389 g/mol. The zero-order valence-corrected chi connectivity index (χ0v) is 17.0. The molecule has 0 bridgehead atoms. The molecule has 1 unspecified atom stereocenters. The third kappa shape index (κ3) is 6.03. The quantitative estimate of drug-likeness (QED) is 0.621. The Balaban J connectivity index is 2.11. The average molecular weight is 412 g/mol. The minimum Gasteiger partial charge on any atom is -0.493 e. The summed E-state index contributed by atoms with van der Waals surface area (Å²) in [6.07, 6.45) is 0. The summed E-state index contributed by atoms with van der Waals surface area (Å²) in [5, 5.41) is 13.4. The summed E-state index contributed by atoms with van der Waals surface area (Å²) in [5.41, 5.74) is 1.70. The lowest BCUT2D eigenvalue weighted by molar-refractivity contribution is -0.140. The van der Waals surface area contributed by atoms with Crippen molar-refractivity contribution in [3.8, 4) is 11.5 Å². The second kappa shape index (κ2) is 9.83. The number of benzene rings is 2. The molecule has 0 aliphatic rings. The molecule has 0 saturated carbocycles. The molecule has 0 aliphatic carbocycles. The first kappa shape index (κ1) is 21.4. The van der Waals surface area contributed by atoms with Crippen LogP contribution in [0.5, 0.6) is 11.5 Å². The lowest BCUT2D eigenvalue weighted by Crippen LogP contribution is -2.40. The van der Waals surface area contributed by atoms with E-state index in [2.05, 4.69) is 5.32 Å². The molecule has 0 amide bonds. The van der Waals surface area contributed by atoms with E-state index >= 15 is 0 Å². The SMILES string of the molecule is COc1cc(CNC(C(=O)O)C(C)C)c(Cl)cc1OCc1ccc(Cl)cc1. The van der Waals surface area contributed by atoms with Crippen LogP contribution in [0.25, 0.3) is 0 Å². The smallest absolute Gasteiger partial charge is 0.320 e. The summed E-state index contributed by atoms with van der Waals surface area (Å²) in [6.45, 7) is 4.35. The third-order valence-electron chi connectivity index (χ3n) is 4.09. The highest BCUT2D eigenvalue weighted by molar-refractivity contribution is 6.31. The van der Waals surface area contributed by atoms with Crippen LogP contribution in [0.3, 0.4) is 0 Å². The topological polar surface area (TPSA) is 67.8 Å². The molecule has 2 aromatic rings. The number of ether oxygens (including phenoxy) is 2. The van der Waals surface area contributed by atoms with E-state index in [1.807, 2.05) is 26.0 Å². The highest BCUT2D eigenvalue weighted by Crippen LogP contribution is 2.34. The van der Waals surface area contributed by atoms with E-state index in [0.717, 1.165) is 11.1 Å². The lowest BCUT2D eigenvalue weighted by atomic mass is 10.0. The van der Waals surface area contributed by atoms with Crippen LogP contribution in [0.2, 0.25) is 10.0 Å². The minimum atomic E-state index is -0.893. The fourth-order valence-electron chi connectivity index (χ4n) is 2.55. The molecule has 0 heterocycles. The maximum absolute atomic E-state index is 11.3. The van der Waals surface area contributed by atoms with Crippen molar-refractivity contribution in [2.45, 2.75) is 33.0 Å². The molecule has 2 aromatic carbocycles. The molecule has 0 aromatic heterocycles. The molecule has 2 rings (SSSR count). The van der Waals surface area contributed by atoms with Crippen molar-refractivity contribution < 1.29 is 19.4 Å². The number of rotatable bonds is 9. The molecular formula is C20H23Cl2NO4. The number of carboxylic acid groups (broad SMARTS) is 1. The van der Waals surface area contributed by atoms with Crippen LogP contribution in [-0.4, -0.2) is 24.2 Å². The van der Waals surface area contributed by atoms with E-state index in [9.17, 15) is 9.90 Å². The molecule has 146 valence electrons. The van der Waals surface area contributed by atoms with E-state index in [4.69, 9.17) is 32.7 Å². The van der Waals surface area contributed by atoms with Crippen molar-refractivity contribution in [2.75, 3.05) is 7.11 Å². The first-order chi connectivity index (χ1) is 12.8. The van der Waals surface area contributed by atoms with Gasteiger partial charge in [0.15, 0.2) is 11.5 Å². The molecule has 0 radical (unpaired) electrons. The van der Waals surface area contributed by atoms with Crippen LogP contribution in [0.1, 0.15) is 25.0 Å². The summed E-state index contributed by atoms with van der Waals surface area (Å²) in [5.74, 6) is 0.0996. The van der Waals surface area contributed by atoms with Gasteiger partial charge in [-0.15, -0.1) is 0 Å². The Morgan fingerprint density at radius 1 is 1.15 bits per heavy atom. The molecule has 0 fully saturated rings. The van der Waals surface area contributed by atoms with Gasteiger partial charge in [-0.3, -0.25) is 4.79 Å². The van der Waals surface area contributed by atoms with Gasteiger partial charge >= 0.3 is 5.97 Å². The average Bonchev–Trinajstić information content (AvgIpc) is 2.62. The molecule has 0 saturated heterocycles. The van der Waals surface area contributed by atoms with Crippen molar-refractivity contribution in [1.29, 1.82) is 0 Å². The number of carbonyl (C=O) groups is 1. The zero-order chi connectivity index (χ0) is 20.0. The second-order valence-corrected chi connectivity index (χ2v) is 7.29. The van der Waals surface area contributed by atoms with Crippen molar-refractivity contribution in [2.24, 2.45) is 5.92 Å². The van der Waals surface area contributed by atoms with Crippen LogP contribution in [-0.2, 0) is 17.9 Å². The largest absolute Gasteiger partial charge is 0.493 e. The highest BCUT2D eigenvalue weighted by Gasteiger charge is 2.21. The fraction of sp³-hybridized carbons (Fsp3) is 0.350. The van der Waals surface area contributed by atoms with Gasteiger partial charge in [-0.2, -0.15) is 0 Å². The predicted molar refractivity (Wildman–Crippen MR) is 107 cm³/mol. The number of aliphatic carboxylic acids is 1. The Kier molecular flexibility index (Phi) is 7.78. The van der Waals surface area contributed by atoms with Gasteiger partial charge < -0.3 is 19.9 Å². The van der Waals surface area contributed by atoms with Crippen molar-refractivity contribution in [3.05, 3.63) is 57.6 Å². The third-order valence-corrected chi connectivity index (χ3v) is 4.69. The van der Waals surface area contributed by atoms with E-state index in [0.29, 0.717) is 34.7 Å². The van der Waals surface area contributed by atoms with Crippen molar-refractivity contribution in [1.82, 2.24) is 5.32 Å². The fourth-order valence-corrected chi connectivity index (χ4v) is 2.90. The summed E-state index contributed by atoms with van der Waals surface area (Å²) < 4.78 is 11.2. The van der Waals surface area contributed by atoms with Gasteiger partial charge in [0.2, 0.25) is 0 Å². The Morgan fingerprint density at radius 2 is 1.81 bits per heavy atom. The molecule has 2 N–H and O–H groups in total. The minimum absolute atomic E-state index is 0.0508. The van der Waals surface area contributed by atoms with Gasteiger partial charge in [0.25, 0.3) is 0 Å². The number of methoxy groups -OCH3 is 1. The van der Waals surface area contributed by atoms with Crippen LogP contribution < -0.4 is 14.8 Å². The number of hydrogen-bond donors (Lipinski definition) is 2. The molecule has 0 spiro atoms. The van der Waals surface area contributed by atoms with E-state index in [1.54, 1.807) is 31.4 Å². The number of carboxylic acids is 1. The van der Waals surface area contributed by atoms with Crippen LogP contribution >= 0.6 is 23.2 Å². The normalized spacial score (nSPS) is 12.1. The maximum Gasteiger partial charge on any atom is 0.320 e. The van der Waals surface area contributed by atoms with Crippen molar-refractivity contribution >= 4 is 29.2 Å². The van der Waals surface area contributed by atoms with Crippen LogP contribution in [0.15, 0.2) is 36.4 Å². The lowest BCUT2D eigenvalue weighted by Gasteiger charge is -2.19. The molecule has 5 nitrogen and oxygen atoms in total. The number of nitrogens with one attached hydrogen (secondary N) is 1. The Morgan fingerprint density at radius 3 is 2.37 bits per heavy atom. The molecule has 0 aliphatic heterocycles. The zero-order valence-electron chi connectivity index (χ0n) is 15.5. The monoisotopic (exact) mass is 411 g/mol. The summed E-state index contributed by atoms with van der Waals surface area (Å²) >= 11 is 12.2. The van der Waals surface area contributed by atoms with Crippen LogP contribution in [0.4, 0.5) is 0 Å². The van der Waals surface area contributed by atoms with Crippen LogP contribution in [0, 0.1) is 5.92 Å². The highest BCUT2D eigenvalue weighted by atomic mass is 35.5. The second-order valence-electron chi connectivity index (χ2n) is 6.45. The maximum atomic E-state index is 11.3. The standard InChI is InChI=1S/C20H23Cl2NO4/c1-12(2)19(20(24)25)23-10-14-8-17(26-3)18(9-16(14)22)27-11-13-4-6-15(21)7-5-13/h4-9,12,19,23H,10-11H2,1-3H3,(H,24,25). The van der Waals surface area contributed by atoms with Gasteiger partial charge in [0.05, 0.1) is 7.11 Å². The Bertz CT molecular complexity index is 778. The van der Waals surface area contributed by atoms with Gasteiger partial charge in [-0.05, 0) is 35.2 Å². The molecule has 7 heteroatoms.